The van der Waals surface area contributed by atoms with Crippen molar-refractivity contribution < 1.29 is 17.9 Å². The second kappa shape index (κ2) is 5.57. The predicted octanol–water partition coefficient (Wildman–Crippen LogP) is -0.665. The summed E-state index contributed by atoms with van der Waals surface area (Å²) >= 11 is 0. The van der Waals surface area contributed by atoms with Gasteiger partial charge in [-0.25, -0.2) is 12.7 Å². The molecule has 0 atom stereocenters. The van der Waals surface area contributed by atoms with Gasteiger partial charge in [0.05, 0.1) is 19.6 Å². The average molecular weight is 220 g/mol. The summed E-state index contributed by atoms with van der Waals surface area (Å²) in [6.07, 6.45) is -0.0162. The summed E-state index contributed by atoms with van der Waals surface area (Å²) in [5.41, 5.74) is 0. The lowest BCUT2D eigenvalue weighted by molar-refractivity contribution is -0.140. The first-order chi connectivity index (χ1) is 6.44. The van der Waals surface area contributed by atoms with Gasteiger partial charge in [-0.3, -0.25) is 4.79 Å². The van der Waals surface area contributed by atoms with Gasteiger partial charge in [0.2, 0.25) is 10.0 Å². The normalized spacial score (nSPS) is 11.0. The van der Waals surface area contributed by atoms with Gasteiger partial charge in [0.15, 0.2) is 5.75 Å². The maximum absolute atomic E-state index is 11.2. The van der Waals surface area contributed by atoms with Gasteiger partial charge in [-0.05, 0) is 0 Å². The highest BCUT2D eigenvalue weighted by Gasteiger charge is 2.17. The average Bonchev–Trinajstić information content (AvgIpc) is 2.13. The Kier molecular flexibility index (Phi) is 5.12. The van der Waals surface area contributed by atoms with Crippen LogP contribution in [0.15, 0.2) is 0 Å². The van der Waals surface area contributed by atoms with Crippen LogP contribution >= 0.6 is 0 Å². The molecular weight excluding hydrogens is 208 g/mol. The number of methoxy groups -OCH3 is 1. The van der Waals surface area contributed by atoms with E-state index in [2.05, 4.69) is 4.74 Å². The van der Waals surface area contributed by atoms with Crippen LogP contribution in [-0.2, 0) is 19.6 Å². The van der Waals surface area contributed by atoms with Crippen molar-refractivity contribution in [3.8, 4) is 6.07 Å². The molecule has 0 unspecified atom stereocenters. The molecule has 0 aliphatic heterocycles. The Morgan fingerprint density at radius 2 is 2.14 bits per heavy atom. The number of nitriles is 1. The van der Waals surface area contributed by atoms with Crippen LogP contribution in [0.3, 0.4) is 0 Å². The molecule has 0 aromatic heterocycles. The lowest BCUT2D eigenvalue weighted by atomic mass is 10.4. The van der Waals surface area contributed by atoms with Crippen LogP contribution in [0, 0.1) is 11.3 Å². The van der Waals surface area contributed by atoms with Gasteiger partial charge in [0.1, 0.15) is 0 Å². The van der Waals surface area contributed by atoms with Crippen molar-refractivity contribution in [2.24, 2.45) is 0 Å². The molecule has 0 rings (SSSR count). The molecule has 0 saturated heterocycles. The number of carbonyl (C=O) groups is 1. The fourth-order valence-electron chi connectivity index (χ4n) is 0.682. The lowest BCUT2D eigenvalue weighted by Gasteiger charge is -2.13. The zero-order valence-electron chi connectivity index (χ0n) is 8.06. The van der Waals surface area contributed by atoms with Gasteiger partial charge in [-0.2, -0.15) is 5.26 Å². The van der Waals surface area contributed by atoms with E-state index in [1.165, 1.54) is 14.2 Å². The summed E-state index contributed by atoms with van der Waals surface area (Å²) in [5, 5.41) is 8.23. The van der Waals surface area contributed by atoms with Crippen molar-refractivity contribution in [2.45, 2.75) is 6.42 Å². The third-order valence-electron chi connectivity index (χ3n) is 1.58. The van der Waals surface area contributed by atoms with Crippen molar-refractivity contribution in [1.29, 1.82) is 5.26 Å². The Hall–Kier alpha value is -1.13. The molecule has 0 spiro atoms. The summed E-state index contributed by atoms with van der Waals surface area (Å²) in [6.45, 7) is 0.0245. The van der Waals surface area contributed by atoms with Gasteiger partial charge in [0, 0.05) is 13.6 Å². The fraction of sp³-hybridized carbons (Fsp3) is 0.714. The number of sulfonamides is 1. The number of carbonyl (C=O) groups excluding carboxylic acids is 1. The molecular formula is C7H12N2O4S. The van der Waals surface area contributed by atoms with E-state index in [0.717, 1.165) is 4.31 Å². The Morgan fingerprint density at radius 3 is 2.57 bits per heavy atom. The zero-order chi connectivity index (χ0) is 11.2. The quantitative estimate of drug-likeness (QED) is 0.574. The van der Waals surface area contributed by atoms with Crippen LogP contribution in [-0.4, -0.2) is 45.1 Å². The number of rotatable bonds is 5. The Labute approximate surface area is 83.1 Å². The molecule has 80 valence electrons. The molecule has 7 heteroatoms. The van der Waals surface area contributed by atoms with Crippen LogP contribution < -0.4 is 0 Å². The number of ether oxygens (including phenoxy) is 1. The van der Waals surface area contributed by atoms with Crippen molar-refractivity contribution in [3.63, 3.8) is 0 Å². The van der Waals surface area contributed by atoms with Crippen LogP contribution in [0.4, 0.5) is 0 Å². The zero-order valence-corrected chi connectivity index (χ0v) is 8.87. The molecule has 0 bridgehead atoms. The summed E-state index contributed by atoms with van der Waals surface area (Å²) in [6, 6.07) is 1.54. The minimum absolute atomic E-state index is 0.0162. The lowest BCUT2D eigenvalue weighted by Crippen LogP contribution is -2.31. The Morgan fingerprint density at radius 1 is 1.57 bits per heavy atom. The van der Waals surface area contributed by atoms with Crippen LogP contribution in [0.5, 0.6) is 0 Å². The van der Waals surface area contributed by atoms with Gasteiger partial charge in [0.25, 0.3) is 0 Å². The summed E-state index contributed by atoms with van der Waals surface area (Å²) in [4.78, 5) is 10.7. The van der Waals surface area contributed by atoms with Gasteiger partial charge >= 0.3 is 5.97 Å². The molecule has 0 aromatic rings. The van der Waals surface area contributed by atoms with Crippen LogP contribution in [0.25, 0.3) is 0 Å². The minimum Gasteiger partial charge on any atom is -0.469 e. The topological polar surface area (TPSA) is 87.5 Å². The Bertz CT molecular complexity index is 330. The first-order valence-electron chi connectivity index (χ1n) is 3.82. The molecule has 0 aliphatic carbocycles. The second-order valence-electron chi connectivity index (χ2n) is 2.56. The molecule has 6 nitrogen and oxygen atoms in total. The molecule has 0 radical (unpaired) electrons. The number of hydrogen-bond acceptors (Lipinski definition) is 5. The number of nitrogens with zero attached hydrogens (tertiary/aromatic N) is 2. The Balaban J connectivity index is 4.16. The predicted molar refractivity (Wildman–Crippen MR) is 48.7 cm³/mol. The summed E-state index contributed by atoms with van der Waals surface area (Å²) in [5.74, 6) is -1.06. The van der Waals surface area contributed by atoms with Crippen molar-refractivity contribution in [1.82, 2.24) is 4.31 Å². The third kappa shape index (κ3) is 4.20. The standard InChI is InChI=1S/C7H12N2O4S/c1-9(5-3-7(10)13-2)14(11,12)6-4-8/h3,5-6H2,1-2H3. The highest BCUT2D eigenvalue weighted by molar-refractivity contribution is 7.89. The summed E-state index contributed by atoms with van der Waals surface area (Å²) in [7, 11) is -1.01. The smallest absolute Gasteiger partial charge is 0.306 e. The van der Waals surface area contributed by atoms with Crippen molar-refractivity contribution in [2.75, 3.05) is 26.5 Å². The highest BCUT2D eigenvalue weighted by Crippen LogP contribution is 1.99. The molecule has 0 aliphatic rings. The molecule has 0 heterocycles. The van der Waals surface area contributed by atoms with E-state index in [9.17, 15) is 13.2 Å². The molecule has 0 fully saturated rings. The van der Waals surface area contributed by atoms with E-state index in [-0.39, 0.29) is 13.0 Å². The SMILES string of the molecule is COC(=O)CCN(C)S(=O)(=O)CC#N. The molecule has 0 N–H and O–H groups in total. The maximum atomic E-state index is 11.2. The molecule has 0 saturated carbocycles. The fourth-order valence-corrected chi connectivity index (χ4v) is 1.43. The summed E-state index contributed by atoms with van der Waals surface area (Å²) < 4.78 is 27.7. The van der Waals surface area contributed by atoms with E-state index in [4.69, 9.17) is 5.26 Å². The largest absolute Gasteiger partial charge is 0.469 e. The number of hydrogen-bond donors (Lipinski definition) is 0. The van der Waals surface area contributed by atoms with Crippen molar-refractivity contribution >= 4 is 16.0 Å². The molecule has 0 amide bonds. The number of esters is 1. The van der Waals surface area contributed by atoms with E-state index in [0.29, 0.717) is 0 Å². The maximum Gasteiger partial charge on any atom is 0.306 e. The van der Waals surface area contributed by atoms with Crippen LogP contribution in [0.2, 0.25) is 0 Å². The van der Waals surface area contributed by atoms with E-state index < -0.39 is 21.7 Å². The molecule has 14 heavy (non-hydrogen) atoms. The van der Waals surface area contributed by atoms with Gasteiger partial charge in [-0.1, -0.05) is 0 Å². The van der Waals surface area contributed by atoms with E-state index in [1.54, 1.807) is 6.07 Å². The third-order valence-corrected chi connectivity index (χ3v) is 3.21. The van der Waals surface area contributed by atoms with Crippen LogP contribution in [0.1, 0.15) is 6.42 Å². The van der Waals surface area contributed by atoms with E-state index in [1.807, 2.05) is 0 Å². The first-order valence-corrected chi connectivity index (χ1v) is 5.42. The highest BCUT2D eigenvalue weighted by atomic mass is 32.2. The van der Waals surface area contributed by atoms with Gasteiger partial charge in [-0.15, -0.1) is 0 Å². The minimum atomic E-state index is -3.55. The van der Waals surface area contributed by atoms with Gasteiger partial charge < -0.3 is 4.74 Å². The first kappa shape index (κ1) is 12.9. The van der Waals surface area contributed by atoms with E-state index >= 15 is 0 Å². The second-order valence-corrected chi connectivity index (χ2v) is 4.64. The monoisotopic (exact) mass is 220 g/mol. The molecule has 0 aromatic carbocycles. The van der Waals surface area contributed by atoms with Crippen molar-refractivity contribution in [3.05, 3.63) is 0 Å².